The van der Waals surface area contributed by atoms with Gasteiger partial charge in [0.05, 0.1) is 18.2 Å². The number of ether oxygens (including phenoxy) is 2. The number of carbonyl (C=O) groups is 1. The van der Waals surface area contributed by atoms with E-state index in [1.807, 2.05) is 32.9 Å². The summed E-state index contributed by atoms with van der Waals surface area (Å²) in [6.07, 6.45) is 2.31. The lowest BCUT2D eigenvalue weighted by molar-refractivity contribution is 0.0712. The van der Waals surface area contributed by atoms with Crippen LogP contribution in [-0.2, 0) is 4.74 Å². The molecular formula is C16H23NO3. The molecular weight excluding hydrogens is 254 g/mol. The summed E-state index contributed by atoms with van der Waals surface area (Å²) < 4.78 is 11.2. The van der Waals surface area contributed by atoms with E-state index in [0.717, 1.165) is 25.2 Å². The summed E-state index contributed by atoms with van der Waals surface area (Å²) in [7, 11) is 0. The number of benzene rings is 1. The number of nitrogens with one attached hydrogen (secondary N) is 1. The standard InChI is InChI=1S/C16H23NO3/c1-11(2)20-14-7-4-6-13(10-14)16(18)17-12(3)15-8-5-9-19-15/h4,6-7,10-12,15H,5,8-9H2,1-3H3,(H,17,18)/t12-,15+/m1/s1. The Labute approximate surface area is 120 Å². The lowest BCUT2D eigenvalue weighted by Crippen LogP contribution is -2.40. The van der Waals surface area contributed by atoms with Crippen molar-refractivity contribution in [2.75, 3.05) is 6.61 Å². The van der Waals surface area contributed by atoms with Gasteiger partial charge in [0.15, 0.2) is 0 Å². The van der Waals surface area contributed by atoms with E-state index in [4.69, 9.17) is 9.47 Å². The van der Waals surface area contributed by atoms with Crippen LogP contribution in [0.5, 0.6) is 5.75 Å². The number of amides is 1. The van der Waals surface area contributed by atoms with E-state index in [-0.39, 0.29) is 24.2 Å². The van der Waals surface area contributed by atoms with Crippen LogP contribution in [0.15, 0.2) is 24.3 Å². The lowest BCUT2D eigenvalue weighted by Gasteiger charge is -2.20. The Kier molecular flexibility index (Phi) is 5.01. The zero-order chi connectivity index (χ0) is 14.5. The van der Waals surface area contributed by atoms with Crippen LogP contribution in [0.4, 0.5) is 0 Å². The fourth-order valence-corrected chi connectivity index (χ4v) is 2.36. The molecule has 1 aliphatic heterocycles. The second-order valence-electron chi connectivity index (χ2n) is 5.51. The fraction of sp³-hybridized carbons (Fsp3) is 0.562. The normalized spacial score (nSPS) is 19.9. The van der Waals surface area contributed by atoms with Crippen LogP contribution < -0.4 is 10.1 Å². The van der Waals surface area contributed by atoms with Gasteiger partial charge in [-0.25, -0.2) is 0 Å². The summed E-state index contributed by atoms with van der Waals surface area (Å²) in [5, 5.41) is 3.00. The van der Waals surface area contributed by atoms with E-state index < -0.39 is 0 Å². The van der Waals surface area contributed by atoms with E-state index in [1.54, 1.807) is 12.1 Å². The van der Waals surface area contributed by atoms with E-state index in [2.05, 4.69) is 5.32 Å². The zero-order valence-corrected chi connectivity index (χ0v) is 12.4. The molecule has 1 heterocycles. The van der Waals surface area contributed by atoms with Gasteiger partial charge < -0.3 is 14.8 Å². The molecule has 0 spiro atoms. The lowest BCUT2D eigenvalue weighted by atomic mass is 10.1. The molecule has 0 saturated carbocycles. The summed E-state index contributed by atoms with van der Waals surface area (Å²) in [4.78, 5) is 12.2. The van der Waals surface area contributed by atoms with Gasteiger partial charge in [-0.2, -0.15) is 0 Å². The zero-order valence-electron chi connectivity index (χ0n) is 12.4. The molecule has 1 aliphatic rings. The number of rotatable bonds is 5. The Morgan fingerprint density at radius 2 is 2.20 bits per heavy atom. The monoisotopic (exact) mass is 277 g/mol. The van der Waals surface area contributed by atoms with Crippen LogP contribution in [0.2, 0.25) is 0 Å². The minimum atomic E-state index is -0.0813. The second kappa shape index (κ2) is 6.75. The summed E-state index contributed by atoms with van der Waals surface area (Å²) in [6, 6.07) is 7.30. The highest BCUT2D eigenvalue weighted by molar-refractivity contribution is 5.94. The van der Waals surface area contributed by atoms with Crippen molar-refractivity contribution in [1.82, 2.24) is 5.32 Å². The quantitative estimate of drug-likeness (QED) is 0.900. The second-order valence-corrected chi connectivity index (χ2v) is 5.51. The molecule has 0 radical (unpaired) electrons. The molecule has 1 aromatic rings. The van der Waals surface area contributed by atoms with Crippen molar-refractivity contribution in [2.24, 2.45) is 0 Å². The average molecular weight is 277 g/mol. The smallest absolute Gasteiger partial charge is 0.251 e. The highest BCUT2D eigenvalue weighted by Crippen LogP contribution is 2.17. The Bertz CT molecular complexity index is 453. The predicted molar refractivity (Wildman–Crippen MR) is 78.1 cm³/mol. The van der Waals surface area contributed by atoms with Gasteiger partial charge in [0, 0.05) is 12.2 Å². The molecule has 1 amide bonds. The Hall–Kier alpha value is -1.55. The van der Waals surface area contributed by atoms with Crippen molar-refractivity contribution in [3.05, 3.63) is 29.8 Å². The van der Waals surface area contributed by atoms with Gasteiger partial charge in [-0.1, -0.05) is 6.07 Å². The molecule has 2 rings (SSSR count). The van der Waals surface area contributed by atoms with Crippen molar-refractivity contribution in [1.29, 1.82) is 0 Å². The first kappa shape index (κ1) is 14.9. The van der Waals surface area contributed by atoms with Crippen molar-refractivity contribution in [2.45, 2.75) is 51.9 Å². The van der Waals surface area contributed by atoms with E-state index in [0.29, 0.717) is 5.56 Å². The molecule has 0 aliphatic carbocycles. The van der Waals surface area contributed by atoms with E-state index in [1.165, 1.54) is 0 Å². The molecule has 0 aromatic heterocycles. The van der Waals surface area contributed by atoms with Gasteiger partial charge in [0.25, 0.3) is 5.91 Å². The number of carbonyl (C=O) groups excluding carboxylic acids is 1. The average Bonchev–Trinajstić information content (AvgIpc) is 2.92. The molecule has 2 atom stereocenters. The summed E-state index contributed by atoms with van der Waals surface area (Å²) in [6.45, 7) is 6.71. The van der Waals surface area contributed by atoms with Crippen LogP contribution in [0, 0.1) is 0 Å². The maximum absolute atomic E-state index is 12.2. The molecule has 1 aromatic carbocycles. The van der Waals surface area contributed by atoms with Crippen molar-refractivity contribution in [3.8, 4) is 5.75 Å². The fourth-order valence-electron chi connectivity index (χ4n) is 2.36. The predicted octanol–water partition coefficient (Wildman–Crippen LogP) is 2.77. The topological polar surface area (TPSA) is 47.6 Å². The molecule has 20 heavy (non-hydrogen) atoms. The maximum atomic E-state index is 12.2. The van der Waals surface area contributed by atoms with Gasteiger partial charge in [0.1, 0.15) is 5.75 Å². The van der Waals surface area contributed by atoms with Gasteiger partial charge in [-0.15, -0.1) is 0 Å². The first-order valence-corrected chi connectivity index (χ1v) is 7.25. The Morgan fingerprint density at radius 3 is 2.85 bits per heavy atom. The molecule has 1 saturated heterocycles. The third kappa shape index (κ3) is 3.97. The van der Waals surface area contributed by atoms with Crippen LogP contribution in [0.3, 0.4) is 0 Å². The van der Waals surface area contributed by atoms with Crippen LogP contribution >= 0.6 is 0 Å². The Balaban J connectivity index is 1.97. The third-order valence-electron chi connectivity index (χ3n) is 3.35. The minimum Gasteiger partial charge on any atom is -0.491 e. The largest absolute Gasteiger partial charge is 0.491 e. The summed E-state index contributed by atoms with van der Waals surface area (Å²) in [5.41, 5.74) is 0.619. The molecule has 1 N–H and O–H groups in total. The van der Waals surface area contributed by atoms with Crippen LogP contribution in [0.25, 0.3) is 0 Å². The van der Waals surface area contributed by atoms with Crippen molar-refractivity contribution >= 4 is 5.91 Å². The molecule has 4 heteroatoms. The molecule has 0 unspecified atom stereocenters. The van der Waals surface area contributed by atoms with Crippen molar-refractivity contribution in [3.63, 3.8) is 0 Å². The highest BCUT2D eigenvalue weighted by Gasteiger charge is 2.24. The van der Waals surface area contributed by atoms with Gasteiger partial charge in [-0.3, -0.25) is 4.79 Å². The van der Waals surface area contributed by atoms with Crippen molar-refractivity contribution < 1.29 is 14.3 Å². The summed E-state index contributed by atoms with van der Waals surface area (Å²) in [5.74, 6) is 0.639. The van der Waals surface area contributed by atoms with Gasteiger partial charge >= 0.3 is 0 Å². The number of hydrogen-bond donors (Lipinski definition) is 1. The number of hydrogen-bond acceptors (Lipinski definition) is 3. The van der Waals surface area contributed by atoms with E-state index in [9.17, 15) is 4.79 Å². The molecule has 4 nitrogen and oxygen atoms in total. The van der Waals surface area contributed by atoms with Gasteiger partial charge in [-0.05, 0) is 51.8 Å². The SMILES string of the molecule is CC(C)Oc1cccc(C(=O)N[C@H](C)[C@@H]2CCCO2)c1. The molecule has 1 fully saturated rings. The van der Waals surface area contributed by atoms with Crippen LogP contribution in [-0.4, -0.2) is 30.8 Å². The Morgan fingerprint density at radius 1 is 1.40 bits per heavy atom. The first-order chi connectivity index (χ1) is 9.56. The highest BCUT2D eigenvalue weighted by atomic mass is 16.5. The minimum absolute atomic E-state index is 0.0275. The molecule has 0 bridgehead atoms. The first-order valence-electron chi connectivity index (χ1n) is 7.25. The third-order valence-corrected chi connectivity index (χ3v) is 3.35. The van der Waals surface area contributed by atoms with Gasteiger partial charge in [0.2, 0.25) is 0 Å². The molecule has 110 valence electrons. The maximum Gasteiger partial charge on any atom is 0.251 e. The van der Waals surface area contributed by atoms with E-state index >= 15 is 0 Å². The summed E-state index contributed by atoms with van der Waals surface area (Å²) >= 11 is 0. The van der Waals surface area contributed by atoms with Crippen LogP contribution in [0.1, 0.15) is 44.0 Å².